The zero-order chi connectivity index (χ0) is 13.6. The molecule has 0 unspecified atom stereocenters. The van der Waals surface area contributed by atoms with E-state index in [1.807, 2.05) is 25.1 Å². The average molecular weight is 276 g/mol. The van der Waals surface area contributed by atoms with Crippen molar-refractivity contribution >= 4 is 23.1 Å². The van der Waals surface area contributed by atoms with Crippen LogP contribution in [0.25, 0.3) is 16.9 Å². The predicted octanol–water partition coefficient (Wildman–Crippen LogP) is 3.68. The molecule has 3 rings (SSSR count). The Morgan fingerprint density at radius 3 is 2.84 bits per heavy atom. The SMILES string of the molecule is Cc1ccc(Cl)cc1-c1nc2ccc(F)cn2c1N. The molecule has 2 heterocycles. The van der Waals surface area contributed by atoms with Gasteiger partial charge in [0, 0.05) is 16.8 Å². The van der Waals surface area contributed by atoms with E-state index in [0.29, 0.717) is 22.2 Å². The van der Waals surface area contributed by atoms with Crippen molar-refractivity contribution < 1.29 is 4.39 Å². The van der Waals surface area contributed by atoms with Crippen molar-refractivity contribution in [1.29, 1.82) is 0 Å². The molecule has 0 bridgehead atoms. The normalized spacial score (nSPS) is 11.1. The van der Waals surface area contributed by atoms with Crippen LogP contribution in [0.1, 0.15) is 5.56 Å². The van der Waals surface area contributed by atoms with Crippen LogP contribution in [0.3, 0.4) is 0 Å². The molecule has 2 aromatic heterocycles. The zero-order valence-electron chi connectivity index (χ0n) is 10.2. The molecule has 0 spiro atoms. The van der Waals surface area contributed by atoms with E-state index in [9.17, 15) is 4.39 Å². The van der Waals surface area contributed by atoms with Gasteiger partial charge in [0.15, 0.2) is 0 Å². The second-order valence-corrected chi connectivity index (χ2v) is 4.82. The molecule has 0 radical (unpaired) electrons. The van der Waals surface area contributed by atoms with Crippen molar-refractivity contribution in [3.05, 3.63) is 52.9 Å². The van der Waals surface area contributed by atoms with E-state index in [1.165, 1.54) is 16.7 Å². The van der Waals surface area contributed by atoms with Crippen LogP contribution < -0.4 is 5.73 Å². The Labute approximate surface area is 114 Å². The molecule has 2 N–H and O–H groups in total. The van der Waals surface area contributed by atoms with Crippen LogP contribution in [0.4, 0.5) is 10.2 Å². The van der Waals surface area contributed by atoms with Gasteiger partial charge in [-0.05, 0) is 36.8 Å². The molecule has 0 atom stereocenters. The minimum Gasteiger partial charge on any atom is -0.383 e. The van der Waals surface area contributed by atoms with Crippen LogP contribution >= 0.6 is 11.6 Å². The maximum absolute atomic E-state index is 13.2. The number of imidazole rings is 1. The zero-order valence-corrected chi connectivity index (χ0v) is 10.9. The molecular formula is C14H11ClFN3. The third-order valence-electron chi connectivity index (χ3n) is 3.07. The highest BCUT2D eigenvalue weighted by Crippen LogP contribution is 2.31. The molecule has 0 amide bonds. The Kier molecular flexibility index (Phi) is 2.68. The lowest BCUT2D eigenvalue weighted by molar-refractivity contribution is 0.619. The summed E-state index contributed by atoms with van der Waals surface area (Å²) in [6.07, 6.45) is 1.32. The fourth-order valence-corrected chi connectivity index (χ4v) is 2.26. The summed E-state index contributed by atoms with van der Waals surface area (Å²) >= 11 is 6.01. The molecule has 96 valence electrons. The third kappa shape index (κ3) is 1.94. The van der Waals surface area contributed by atoms with Crippen molar-refractivity contribution in [2.24, 2.45) is 0 Å². The number of halogens is 2. The summed E-state index contributed by atoms with van der Waals surface area (Å²) in [6, 6.07) is 8.48. The fraction of sp³-hybridized carbons (Fsp3) is 0.0714. The lowest BCUT2D eigenvalue weighted by Crippen LogP contribution is -1.95. The first-order valence-electron chi connectivity index (χ1n) is 5.76. The molecule has 5 heteroatoms. The predicted molar refractivity (Wildman–Crippen MR) is 74.7 cm³/mol. The molecule has 0 aliphatic carbocycles. The number of aryl methyl sites for hydroxylation is 1. The quantitative estimate of drug-likeness (QED) is 0.736. The van der Waals surface area contributed by atoms with Gasteiger partial charge in [-0.1, -0.05) is 17.7 Å². The molecule has 0 saturated carbocycles. The monoisotopic (exact) mass is 275 g/mol. The Hall–Kier alpha value is -2.07. The number of nitrogens with zero attached hydrogens (tertiary/aromatic N) is 2. The van der Waals surface area contributed by atoms with Crippen LogP contribution in [-0.2, 0) is 0 Å². The minimum atomic E-state index is -0.356. The molecular weight excluding hydrogens is 265 g/mol. The first-order valence-corrected chi connectivity index (χ1v) is 6.13. The highest BCUT2D eigenvalue weighted by atomic mass is 35.5. The van der Waals surface area contributed by atoms with Gasteiger partial charge in [-0.3, -0.25) is 4.40 Å². The number of hydrogen-bond donors (Lipinski definition) is 1. The van der Waals surface area contributed by atoms with Crippen LogP contribution in [0.15, 0.2) is 36.5 Å². The fourth-order valence-electron chi connectivity index (χ4n) is 2.08. The van der Waals surface area contributed by atoms with E-state index < -0.39 is 0 Å². The van der Waals surface area contributed by atoms with Crippen molar-refractivity contribution in [1.82, 2.24) is 9.38 Å². The third-order valence-corrected chi connectivity index (χ3v) is 3.31. The lowest BCUT2D eigenvalue weighted by Gasteiger charge is -2.04. The smallest absolute Gasteiger partial charge is 0.140 e. The minimum absolute atomic E-state index is 0.356. The number of nitrogens with two attached hydrogens (primary N) is 1. The maximum atomic E-state index is 13.2. The topological polar surface area (TPSA) is 43.3 Å². The van der Waals surface area contributed by atoms with Gasteiger partial charge in [-0.2, -0.15) is 0 Å². The first kappa shape index (κ1) is 12.0. The average Bonchev–Trinajstić information content (AvgIpc) is 2.70. The number of nitrogen functional groups attached to an aromatic ring is 1. The van der Waals surface area contributed by atoms with E-state index in [1.54, 1.807) is 6.07 Å². The number of rotatable bonds is 1. The van der Waals surface area contributed by atoms with Crippen molar-refractivity contribution in [3.63, 3.8) is 0 Å². The summed E-state index contributed by atoms with van der Waals surface area (Å²) < 4.78 is 14.8. The van der Waals surface area contributed by atoms with Gasteiger partial charge >= 0.3 is 0 Å². The van der Waals surface area contributed by atoms with Gasteiger partial charge in [0.2, 0.25) is 0 Å². The molecule has 3 nitrogen and oxygen atoms in total. The lowest BCUT2D eigenvalue weighted by atomic mass is 10.1. The first-order chi connectivity index (χ1) is 9.06. The number of benzene rings is 1. The number of anilines is 1. The Balaban J connectivity index is 2.31. The van der Waals surface area contributed by atoms with E-state index in [4.69, 9.17) is 17.3 Å². The van der Waals surface area contributed by atoms with E-state index in [2.05, 4.69) is 4.98 Å². The molecule has 19 heavy (non-hydrogen) atoms. The second-order valence-electron chi connectivity index (χ2n) is 4.38. The number of fused-ring (bicyclic) bond motifs is 1. The Bertz CT molecular complexity index is 780. The van der Waals surface area contributed by atoms with Gasteiger partial charge in [0.25, 0.3) is 0 Å². The van der Waals surface area contributed by atoms with Crippen LogP contribution in [0, 0.1) is 12.7 Å². The van der Waals surface area contributed by atoms with Gasteiger partial charge in [-0.15, -0.1) is 0 Å². The van der Waals surface area contributed by atoms with Crippen molar-refractivity contribution in [3.8, 4) is 11.3 Å². The molecule has 1 aromatic carbocycles. The van der Waals surface area contributed by atoms with E-state index in [-0.39, 0.29) is 5.82 Å². The molecule has 3 aromatic rings. The van der Waals surface area contributed by atoms with Crippen LogP contribution in [0.2, 0.25) is 5.02 Å². The standard InChI is InChI=1S/C14H11ClFN3/c1-8-2-3-9(15)6-11(8)13-14(17)19-7-10(16)4-5-12(19)18-13/h2-7H,17H2,1H3. The highest BCUT2D eigenvalue weighted by molar-refractivity contribution is 6.30. The summed E-state index contributed by atoms with van der Waals surface area (Å²) in [4.78, 5) is 4.44. The largest absolute Gasteiger partial charge is 0.383 e. The number of pyridine rings is 1. The number of aromatic nitrogens is 2. The van der Waals surface area contributed by atoms with Crippen molar-refractivity contribution in [2.75, 3.05) is 5.73 Å². The molecule has 0 saturated heterocycles. The molecule has 0 fully saturated rings. The van der Waals surface area contributed by atoms with Crippen LogP contribution in [-0.4, -0.2) is 9.38 Å². The summed E-state index contributed by atoms with van der Waals surface area (Å²) in [5.74, 6) is 0.0471. The van der Waals surface area contributed by atoms with Gasteiger partial charge in [0.05, 0.1) is 0 Å². The van der Waals surface area contributed by atoms with Crippen molar-refractivity contribution in [2.45, 2.75) is 6.92 Å². The summed E-state index contributed by atoms with van der Waals surface area (Å²) in [7, 11) is 0. The summed E-state index contributed by atoms with van der Waals surface area (Å²) in [6.45, 7) is 1.95. The van der Waals surface area contributed by atoms with Gasteiger partial charge < -0.3 is 5.73 Å². The van der Waals surface area contributed by atoms with Gasteiger partial charge in [0.1, 0.15) is 23.0 Å². The summed E-state index contributed by atoms with van der Waals surface area (Å²) in [5, 5.41) is 0.614. The summed E-state index contributed by atoms with van der Waals surface area (Å²) in [5.41, 5.74) is 9.14. The van der Waals surface area contributed by atoms with Gasteiger partial charge in [-0.25, -0.2) is 9.37 Å². The number of hydrogen-bond acceptors (Lipinski definition) is 2. The second kappa shape index (κ2) is 4.24. The van der Waals surface area contributed by atoms with Crippen LogP contribution in [0.5, 0.6) is 0 Å². The highest BCUT2D eigenvalue weighted by Gasteiger charge is 2.14. The maximum Gasteiger partial charge on any atom is 0.140 e. The van der Waals surface area contributed by atoms with E-state index in [0.717, 1.165) is 11.1 Å². The Morgan fingerprint density at radius 1 is 1.26 bits per heavy atom. The molecule has 0 aliphatic rings. The molecule has 0 aliphatic heterocycles. The van der Waals surface area contributed by atoms with E-state index >= 15 is 0 Å². The Morgan fingerprint density at radius 2 is 2.05 bits per heavy atom.